The van der Waals surface area contributed by atoms with Gasteiger partial charge in [0.05, 0.1) is 19.3 Å². The largest absolute Gasteiger partial charge is 0.490 e. The number of morpholine rings is 1. The topological polar surface area (TPSA) is 58.1 Å². The molecule has 0 atom stereocenters. The van der Waals surface area contributed by atoms with E-state index in [-0.39, 0.29) is 0 Å². The van der Waals surface area contributed by atoms with Crippen LogP contribution in [0.2, 0.25) is 0 Å². The maximum Gasteiger partial charge on any atom is 0.191 e. The maximum atomic E-state index is 6.17. The zero-order valence-corrected chi connectivity index (χ0v) is 16.6. The van der Waals surface area contributed by atoms with Gasteiger partial charge < -0.3 is 20.1 Å². The molecule has 1 aliphatic carbocycles. The van der Waals surface area contributed by atoms with Gasteiger partial charge in [0.1, 0.15) is 5.75 Å². The Labute approximate surface area is 163 Å². The van der Waals surface area contributed by atoms with Crippen LogP contribution in [-0.4, -0.2) is 63.4 Å². The summed E-state index contributed by atoms with van der Waals surface area (Å²) in [5.41, 5.74) is 1.21. The highest BCUT2D eigenvalue weighted by Gasteiger charge is 2.15. The van der Waals surface area contributed by atoms with E-state index in [2.05, 4.69) is 44.8 Å². The summed E-state index contributed by atoms with van der Waals surface area (Å²) in [6.45, 7) is 6.33. The number of hydrogen-bond acceptors (Lipinski definition) is 4. The van der Waals surface area contributed by atoms with Crippen molar-refractivity contribution in [3.8, 4) is 5.75 Å². The first-order chi connectivity index (χ1) is 13.3. The fourth-order valence-corrected chi connectivity index (χ4v) is 3.67. The molecular formula is C21H34N4O2. The van der Waals surface area contributed by atoms with Crippen molar-refractivity contribution in [1.29, 1.82) is 0 Å². The lowest BCUT2D eigenvalue weighted by Gasteiger charge is -2.26. The van der Waals surface area contributed by atoms with Crippen LogP contribution in [-0.2, 0) is 11.3 Å². The summed E-state index contributed by atoms with van der Waals surface area (Å²) >= 11 is 0. The molecule has 6 heteroatoms. The molecule has 27 heavy (non-hydrogen) atoms. The van der Waals surface area contributed by atoms with Crippen molar-refractivity contribution >= 4 is 5.96 Å². The first kappa shape index (κ1) is 20.0. The van der Waals surface area contributed by atoms with Crippen LogP contribution in [0.25, 0.3) is 0 Å². The predicted octanol–water partition coefficient (Wildman–Crippen LogP) is 2.40. The van der Waals surface area contributed by atoms with Gasteiger partial charge in [-0.15, -0.1) is 0 Å². The molecule has 0 unspecified atom stereocenters. The first-order valence-electron chi connectivity index (χ1n) is 10.3. The molecule has 3 rings (SSSR count). The van der Waals surface area contributed by atoms with E-state index in [1.54, 1.807) is 0 Å². The number of guanidine groups is 1. The monoisotopic (exact) mass is 374 g/mol. The van der Waals surface area contributed by atoms with Crippen molar-refractivity contribution in [3.63, 3.8) is 0 Å². The van der Waals surface area contributed by atoms with Crippen molar-refractivity contribution in [2.75, 3.05) is 46.4 Å². The van der Waals surface area contributed by atoms with Gasteiger partial charge in [0.15, 0.2) is 5.96 Å². The van der Waals surface area contributed by atoms with Crippen LogP contribution in [0.1, 0.15) is 37.7 Å². The molecule has 2 aliphatic rings. The maximum absolute atomic E-state index is 6.17. The van der Waals surface area contributed by atoms with E-state index >= 15 is 0 Å². The molecule has 6 nitrogen and oxygen atoms in total. The highest BCUT2D eigenvalue weighted by molar-refractivity contribution is 5.79. The molecule has 1 saturated heterocycles. The minimum atomic E-state index is 0.386. The number of nitrogens with one attached hydrogen (secondary N) is 2. The lowest BCUT2D eigenvalue weighted by Crippen LogP contribution is -2.44. The number of rotatable bonds is 7. The molecule has 150 valence electrons. The fraction of sp³-hybridized carbons (Fsp3) is 0.667. The van der Waals surface area contributed by atoms with Crippen LogP contribution in [0.15, 0.2) is 29.3 Å². The molecular weight excluding hydrogens is 340 g/mol. The molecule has 1 heterocycles. The van der Waals surface area contributed by atoms with Crippen LogP contribution in [0.5, 0.6) is 5.75 Å². The molecule has 0 radical (unpaired) electrons. The summed E-state index contributed by atoms with van der Waals surface area (Å²) in [4.78, 5) is 6.73. The minimum Gasteiger partial charge on any atom is -0.490 e. The van der Waals surface area contributed by atoms with Crippen molar-refractivity contribution in [2.45, 2.75) is 44.8 Å². The highest BCUT2D eigenvalue weighted by atomic mass is 16.5. The van der Waals surface area contributed by atoms with E-state index in [4.69, 9.17) is 9.47 Å². The molecule has 1 aromatic carbocycles. The van der Waals surface area contributed by atoms with E-state index in [0.717, 1.165) is 57.6 Å². The Morgan fingerprint density at radius 1 is 1.19 bits per heavy atom. The van der Waals surface area contributed by atoms with Crippen LogP contribution >= 0.6 is 0 Å². The number of benzene rings is 1. The molecule has 2 fully saturated rings. The van der Waals surface area contributed by atoms with Crippen molar-refractivity contribution in [2.24, 2.45) is 4.99 Å². The number of nitrogens with zero attached hydrogens (tertiary/aromatic N) is 2. The standard InChI is InChI=1S/C21H34N4O2/c1-22-21(23-10-11-25-12-14-26-15-13-25)24-17-18-6-5-9-20(16-18)27-19-7-3-2-4-8-19/h5-6,9,16,19H,2-4,7-8,10-15,17H2,1H3,(H2,22,23,24). The predicted molar refractivity (Wildman–Crippen MR) is 109 cm³/mol. The average Bonchev–Trinajstić information content (AvgIpc) is 2.72. The Balaban J connectivity index is 1.40. The first-order valence-corrected chi connectivity index (χ1v) is 10.3. The van der Waals surface area contributed by atoms with Gasteiger partial charge in [0.25, 0.3) is 0 Å². The Bertz CT molecular complexity index is 581. The van der Waals surface area contributed by atoms with Crippen molar-refractivity contribution < 1.29 is 9.47 Å². The van der Waals surface area contributed by atoms with Crippen LogP contribution < -0.4 is 15.4 Å². The molecule has 1 aromatic rings. The van der Waals surface area contributed by atoms with E-state index in [1.807, 2.05) is 7.05 Å². The van der Waals surface area contributed by atoms with Gasteiger partial charge in [-0.1, -0.05) is 18.6 Å². The quantitative estimate of drug-likeness (QED) is 0.567. The lowest BCUT2D eigenvalue weighted by molar-refractivity contribution is 0.0389. The summed E-state index contributed by atoms with van der Waals surface area (Å²) in [5.74, 6) is 1.82. The molecule has 0 spiro atoms. The molecule has 0 bridgehead atoms. The smallest absolute Gasteiger partial charge is 0.191 e. The number of ether oxygens (including phenoxy) is 2. The van der Waals surface area contributed by atoms with Gasteiger partial charge in [0, 0.05) is 39.8 Å². The van der Waals surface area contributed by atoms with Crippen LogP contribution in [0.4, 0.5) is 0 Å². The number of hydrogen-bond donors (Lipinski definition) is 2. The normalized spacial score (nSPS) is 19.7. The van der Waals surface area contributed by atoms with Crippen molar-refractivity contribution in [1.82, 2.24) is 15.5 Å². The zero-order valence-electron chi connectivity index (χ0n) is 16.6. The Kier molecular flexibility index (Phi) is 8.24. The molecule has 1 saturated carbocycles. The van der Waals surface area contributed by atoms with Crippen molar-refractivity contribution in [3.05, 3.63) is 29.8 Å². The van der Waals surface area contributed by atoms with Gasteiger partial charge >= 0.3 is 0 Å². The van der Waals surface area contributed by atoms with E-state index in [0.29, 0.717) is 6.10 Å². The molecule has 0 aromatic heterocycles. The highest BCUT2D eigenvalue weighted by Crippen LogP contribution is 2.23. The van der Waals surface area contributed by atoms with E-state index in [1.165, 1.54) is 37.7 Å². The van der Waals surface area contributed by atoms with Crippen LogP contribution in [0, 0.1) is 0 Å². The Hall–Kier alpha value is -1.79. The third-order valence-corrected chi connectivity index (χ3v) is 5.26. The second-order valence-electron chi connectivity index (χ2n) is 7.33. The SMILES string of the molecule is CN=C(NCCN1CCOCC1)NCc1cccc(OC2CCCCC2)c1. The van der Waals surface area contributed by atoms with E-state index in [9.17, 15) is 0 Å². The second kappa shape index (κ2) is 11.1. The van der Waals surface area contributed by atoms with Gasteiger partial charge in [-0.25, -0.2) is 0 Å². The lowest BCUT2D eigenvalue weighted by atomic mass is 9.98. The molecule has 0 amide bonds. The minimum absolute atomic E-state index is 0.386. The third kappa shape index (κ3) is 7.03. The molecule has 1 aliphatic heterocycles. The van der Waals surface area contributed by atoms with E-state index < -0.39 is 0 Å². The van der Waals surface area contributed by atoms with Gasteiger partial charge in [-0.05, 0) is 43.4 Å². The average molecular weight is 375 g/mol. The zero-order chi connectivity index (χ0) is 18.7. The van der Waals surface area contributed by atoms with Gasteiger partial charge in [-0.3, -0.25) is 9.89 Å². The summed E-state index contributed by atoms with van der Waals surface area (Å²) in [6, 6.07) is 8.40. The number of aliphatic imine (C=N–C) groups is 1. The Morgan fingerprint density at radius 2 is 2.00 bits per heavy atom. The van der Waals surface area contributed by atoms with Gasteiger partial charge in [0.2, 0.25) is 0 Å². The summed E-state index contributed by atoms with van der Waals surface area (Å²) < 4.78 is 11.6. The summed E-state index contributed by atoms with van der Waals surface area (Å²) in [5, 5.41) is 6.79. The molecule has 2 N–H and O–H groups in total. The van der Waals surface area contributed by atoms with Crippen LogP contribution in [0.3, 0.4) is 0 Å². The second-order valence-corrected chi connectivity index (χ2v) is 7.33. The Morgan fingerprint density at radius 3 is 2.78 bits per heavy atom. The summed E-state index contributed by atoms with van der Waals surface area (Å²) in [6.07, 6.45) is 6.68. The summed E-state index contributed by atoms with van der Waals surface area (Å²) in [7, 11) is 1.81. The fourth-order valence-electron chi connectivity index (χ4n) is 3.67. The third-order valence-electron chi connectivity index (χ3n) is 5.26. The van der Waals surface area contributed by atoms with Gasteiger partial charge in [-0.2, -0.15) is 0 Å².